The molecular formula is C61H58FIrN3SSi-2. The third kappa shape index (κ3) is 9.73. The number of benzene rings is 7. The number of aromatic nitrogens is 3. The molecule has 7 aromatic carbocycles. The van der Waals surface area contributed by atoms with Crippen LogP contribution >= 0.6 is 11.3 Å². The normalized spacial score (nSPS) is 12.9. The summed E-state index contributed by atoms with van der Waals surface area (Å²) in [5.41, 5.74) is 14.1. The van der Waals surface area contributed by atoms with Gasteiger partial charge in [-0.05, 0) is 115 Å². The molecule has 0 atom stereocenters. The van der Waals surface area contributed by atoms with Gasteiger partial charge < -0.3 is 9.55 Å². The van der Waals surface area contributed by atoms with Crippen molar-refractivity contribution in [3.05, 3.63) is 192 Å². The van der Waals surface area contributed by atoms with Gasteiger partial charge in [-0.15, -0.1) is 53.6 Å². The Kier molecular flexibility index (Phi) is 12.8. The molecule has 0 spiro atoms. The summed E-state index contributed by atoms with van der Waals surface area (Å²) in [5.74, 6) is 0.531. The van der Waals surface area contributed by atoms with Crippen molar-refractivity contribution in [2.24, 2.45) is 0 Å². The molecule has 10 aromatic rings. The molecule has 0 aliphatic carbocycles. The SMILES string of the molecule is CC(C)c1cc(-c2ccccc2)cc(C(C)C)c1-n1c(-c2[c-]ccc3c2sc2cc(-c4ccc(F)cc4)ccc23)nc2ccccc21.[2H]C([2H])([2H])c1c[c-]c(-c2cc(C([2H])(C)C)c([Si](C)(C)C)cn2)cc1.[Ir]. The summed E-state index contributed by atoms with van der Waals surface area (Å²) in [6.07, 6.45) is 1.89. The van der Waals surface area contributed by atoms with Gasteiger partial charge in [-0.3, -0.25) is 4.98 Å². The van der Waals surface area contributed by atoms with Crippen LogP contribution in [0.3, 0.4) is 0 Å². The maximum Gasteiger partial charge on any atom is 0.123 e. The van der Waals surface area contributed by atoms with Gasteiger partial charge in [-0.2, -0.15) is 11.3 Å². The van der Waals surface area contributed by atoms with Gasteiger partial charge in [0, 0.05) is 42.2 Å². The van der Waals surface area contributed by atoms with Crippen LogP contribution < -0.4 is 5.19 Å². The van der Waals surface area contributed by atoms with Crippen molar-refractivity contribution in [1.29, 1.82) is 0 Å². The second kappa shape index (κ2) is 20.0. The van der Waals surface area contributed by atoms with E-state index >= 15 is 0 Å². The predicted octanol–water partition coefficient (Wildman–Crippen LogP) is 17.1. The second-order valence-electron chi connectivity index (χ2n) is 19.2. The van der Waals surface area contributed by atoms with Crippen LogP contribution in [-0.2, 0) is 20.1 Å². The molecule has 0 saturated heterocycles. The monoisotopic (exact) mass is 1110 g/mol. The van der Waals surface area contributed by atoms with E-state index in [4.69, 9.17) is 10.5 Å². The fourth-order valence-corrected chi connectivity index (χ4v) is 11.8. The third-order valence-corrected chi connectivity index (χ3v) is 15.7. The van der Waals surface area contributed by atoms with E-state index in [-0.39, 0.29) is 43.3 Å². The van der Waals surface area contributed by atoms with Crippen LogP contribution in [0.25, 0.3) is 81.8 Å². The number of hydrogen-bond acceptors (Lipinski definition) is 3. The minimum Gasteiger partial charge on any atom is -0.333 e. The summed E-state index contributed by atoms with van der Waals surface area (Å²) in [7, 11) is -1.61. The van der Waals surface area contributed by atoms with Crippen LogP contribution in [0.5, 0.6) is 0 Å². The topological polar surface area (TPSA) is 30.7 Å². The van der Waals surface area contributed by atoms with E-state index in [1.807, 2.05) is 44.3 Å². The molecule has 0 unspecified atom stereocenters. The summed E-state index contributed by atoms with van der Waals surface area (Å²) in [6.45, 7) is 17.5. The van der Waals surface area contributed by atoms with Crippen LogP contribution in [0, 0.1) is 24.8 Å². The number of pyridine rings is 1. The number of fused-ring (bicyclic) bond motifs is 4. The Balaban J connectivity index is 0.000000235. The fraction of sp³-hybridized carbons (Fsp3) is 0.213. The molecule has 1 radical (unpaired) electrons. The summed E-state index contributed by atoms with van der Waals surface area (Å²) in [4.78, 5) is 9.90. The first-order valence-electron chi connectivity index (χ1n) is 25.1. The summed E-state index contributed by atoms with van der Waals surface area (Å²) in [5, 5.41) is 3.58. The molecule has 3 nitrogen and oxygen atoms in total. The van der Waals surface area contributed by atoms with Gasteiger partial charge in [0.2, 0.25) is 0 Å². The van der Waals surface area contributed by atoms with Crippen LogP contribution in [0.4, 0.5) is 4.39 Å². The fourth-order valence-electron chi connectivity index (χ4n) is 8.96. The molecule has 345 valence electrons. The maximum absolute atomic E-state index is 13.7. The van der Waals surface area contributed by atoms with Crippen molar-refractivity contribution in [2.45, 2.75) is 85.8 Å². The molecule has 0 amide bonds. The Morgan fingerprint density at radius 2 is 1.37 bits per heavy atom. The van der Waals surface area contributed by atoms with Gasteiger partial charge in [0.15, 0.2) is 0 Å². The number of thiophene rings is 1. The van der Waals surface area contributed by atoms with Gasteiger partial charge in [-0.1, -0.05) is 157 Å². The molecule has 3 heterocycles. The van der Waals surface area contributed by atoms with Gasteiger partial charge >= 0.3 is 0 Å². The molecule has 7 heteroatoms. The Morgan fingerprint density at radius 3 is 2.01 bits per heavy atom. The number of para-hydroxylation sites is 2. The number of nitrogens with zero attached hydrogens (tertiary/aromatic N) is 3. The van der Waals surface area contributed by atoms with E-state index in [2.05, 4.69) is 160 Å². The van der Waals surface area contributed by atoms with E-state index in [0.29, 0.717) is 0 Å². The second-order valence-corrected chi connectivity index (χ2v) is 25.3. The molecule has 0 aliphatic heterocycles. The molecule has 68 heavy (non-hydrogen) atoms. The van der Waals surface area contributed by atoms with Crippen LogP contribution in [0.1, 0.15) is 87.0 Å². The van der Waals surface area contributed by atoms with Gasteiger partial charge in [-0.25, -0.2) is 4.39 Å². The molecule has 0 aliphatic rings. The zero-order valence-corrected chi connectivity index (χ0v) is 44.3. The molecule has 10 rings (SSSR count). The summed E-state index contributed by atoms with van der Waals surface area (Å²) in [6, 6.07) is 54.8. The van der Waals surface area contributed by atoms with E-state index in [1.165, 1.54) is 66.8 Å². The maximum atomic E-state index is 13.7. The third-order valence-electron chi connectivity index (χ3n) is 12.5. The quantitative estimate of drug-likeness (QED) is 0.107. The average Bonchev–Trinajstić information content (AvgIpc) is 3.92. The first-order chi connectivity index (χ1) is 33.7. The van der Waals surface area contributed by atoms with Crippen molar-refractivity contribution in [3.8, 4) is 50.6 Å². The molecule has 0 N–H and O–H groups in total. The Bertz CT molecular complexity index is 3520. The van der Waals surface area contributed by atoms with Gasteiger partial charge in [0.1, 0.15) is 5.82 Å². The van der Waals surface area contributed by atoms with Crippen molar-refractivity contribution in [2.75, 3.05) is 0 Å². The van der Waals surface area contributed by atoms with E-state index in [0.717, 1.165) is 55.1 Å². The van der Waals surface area contributed by atoms with E-state index in [9.17, 15) is 4.39 Å². The van der Waals surface area contributed by atoms with Gasteiger partial charge in [0.05, 0.1) is 24.9 Å². The first kappa shape index (κ1) is 43.5. The number of hydrogen-bond donors (Lipinski definition) is 0. The van der Waals surface area contributed by atoms with Gasteiger partial charge in [0.25, 0.3) is 0 Å². The Morgan fingerprint density at radius 1 is 0.691 bits per heavy atom. The number of rotatable bonds is 9. The number of imidazole rings is 1. The summed E-state index contributed by atoms with van der Waals surface area (Å²) >= 11 is 1.77. The van der Waals surface area contributed by atoms with E-state index < -0.39 is 20.8 Å². The minimum atomic E-state index is -2.13. The molecular weight excluding hydrogens is 1050 g/mol. The van der Waals surface area contributed by atoms with Crippen molar-refractivity contribution in [1.82, 2.24) is 14.5 Å². The number of aryl methyl sites for hydroxylation is 1. The number of halogens is 1. The van der Waals surface area contributed by atoms with Crippen LogP contribution in [-0.4, -0.2) is 22.6 Å². The standard InChI is InChI=1S/C43H34FN2S.C18H24NSi.Ir/c1-26(2)36-23-31(28-11-6-5-7-12-28)24-37(27(3)4)41(36)46-39-16-9-8-15-38(39)45-43(46)35-14-10-13-34-33-22-19-30(25-40(33)47-42(34)35)29-17-20-32(44)21-18-29;1-13(2)16-11-17(15-9-7-14(3)8-10-15)19-12-18(16)20(4,5)6;/h5-13,15-27H,1-4H3;7-9,11-13H,1-6H3;/q2*-1;/i;3D3,13D;. The summed E-state index contributed by atoms with van der Waals surface area (Å²) < 4.78 is 49.2. The molecule has 3 aromatic heterocycles. The minimum absolute atomic E-state index is 0. The zero-order valence-electron chi connectivity index (χ0n) is 44.0. The first-order valence-corrected chi connectivity index (χ1v) is 27.4. The largest absolute Gasteiger partial charge is 0.333 e. The Labute approximate surface area is 426 Å². The van der Waals surface area contributed by atoms with Crippen molar-refractivity contribution in [3.63, 3.8) is 0 Å². The van der Waals surface area contributed by atoms with Crippen molar-refractivity contribution >= 4 is 55.8 Å². The molecule has 0 fully saturated rings. The Hall–Kier alpha value is -5.82. The van der Waals surface area contributed by atoms with Crippen LogP contribution in [0.2, 0.25) is 19.6 Å². The van der Waals surface area contributed by atoms with Crippen LogP contribution in [0.15, 0.2) is 152 Å². The smallest absolute Gasteiger partial charge is 0.123 e. The van der Waals surface area contributed by atoms with Crippen molar-refractivity contribution < 1.29 is 30.0 Å². The average molecular weight is 1110 g/mol. The molecule has 0 bridgehead atoms. The zero-order chi connectivity index (χ0) is 50.6. The van der Waals surface area contributed by atoms with E-state index in [1.54, 1.807) is 23.5 Å². The molecule has 0 saturated carbocycles. The predicted molar refractivity (Wildman–Crippen MR) is 288 cm³/mol.